The molecule has 0 aliphatic heterocycles. The molecular formula is C22H22N4O2S. The number of thiazole rings is 1. The third kappa shape index (κ3) is 5.58. The van der Waals surface area contributed by atoms with Gasteiger partial charge in [-0.15, -0.1) is 11.3 Å². The Labute approximate surface area is 174 Å². The molecule has 0 fully saturated rings. The zero-order chi connectivity index (χ0) is 20.6. The van der Waals surface area contributed by atoms with Gasteiger partial charge >= 0.3 is 0 Å². The lowest BCUT2D eigenvalue weighted by Crippen LogP contribution is -2.27. The Hall–Kier alpha value is -3.32. The topological polar surface area (TPSA) is 66.4 Å². The Bertz CT molecular complexity index is 986. The van der Waals surface area contributed by atoms with Crippen molar-refractivity contribution in [2.75, 3.05) is 18.5 Å². The summed E-state index contributed by atoms with van der Waals surface area (Å²) in [5.41, 5.74) is 2.35. The fourth-order valence-corrected chi connectivity index (χ4v) is 3.54. The van der Waals surface area contributed by atoms with Crippen LogP contribution in [0.4, 0.5) is 10.8 Å². The Morgan fingerprint density at radius 2 is 1.86 bits per heavy atom. The van der Waals surface area contributed by atoms with Crippen LogP contribution in [0, 0.1) is 0 Å². The lowest BCUT2D eigenvalue weighted by Gasteiger charge is -2.17. The second-order valence-electron chi connectivity index (χ2n) is 6.41. The molecule has 1 aromatic carbocycles. The molecule has 0 N–H and O–H groups in total. The molecule has 0 radical (unpaired) electrons. The molecule has 0 saturated carbocycles. The number of rotatable bonds is 7. The standard InChI is InChI=1S/C22H22N4O2S/c1-17(27)26(20-9-4-3-5-10-20)22-24-19(16-29-22)11-12-21(28)25(2)15-13-18-8-6-7-14-23-18/h3-12,14,16H,13,15H2,1-2H3/b12-11+. The molecular weight excluding hydrogens is 384 g/mol. The van der Waals surface area contributed by atoms with Crippen LogP contribution in [0.25, 0.3) is 6.08 Å². The number of carbonyl (C=O) groups excluding carboxylic acids is 2. The van der Waals surface area contributed by atoms with Gasteiger partial charge < -0.3 is 4.90 Å². The summed E-state index contributed by atoms with van der Waals surface area (Å²) in [6.07, 6.45) is 5.61. The smallest absolute Gasteiger partial charge is 0.246 e. The molecule has 3 rings (SSSR count). The highest BCUT2D eigenvalue weighted by molar-refractivity contribution is 7.14. The summed E-state index contributed by atoms with van der Waals surface area (Å²) in [6.45, 7) is 2.08. The summed E-state index contributed by atoms with van der Waals surface area (Å²) >= 11 is 1.36. The number of hydrogen-bond donors (Lipinski definition) is 0. The van der Waals surface area contributed by atoms with Crippen LogP contribution in [0.1, 0.15) is 18.3 Å². The first-order valence-corrected chi connectivity index (χ1v) is 10.1. The zero-order valence-corrected chi connectivity index (χ0v) is 17.2. The normalized spacial score (nSPS) is 10.8. The number of para-hydroxylation sites is 1. The first-order chi connectivity index (χ1) is 14.0. The maximum absolute atomic E-state index is 12.3. The van der Waals surface area contributed by atoms with Crippen molar-refractivity contribution < 1.29 is 9.59 Å². The highest BCUT2D eigenvalue weighted by Gasteiger charge is 2.17. The number of likely N-dealkylation sites (N-methyl/N-ethyl adjacent to an activating group) is 1. The van der Waals surface area contributed by atoms with Crippen molar-refractivity contribution in [1.29, 1.82) is 0 Å². The summed E-state index contributed by atoms with van der Waals surface area (Å²) in [6, 6.07) is 15.1. The van der Waals surface area contributed by atoms with Crippen molar-refractivity contribution in [3.05, 3.63) is 77.6 Å². The lowest BCUT2D eigenvalue weighted by atomic mass is 10.2. The Kier molecular flexibility index (Phi) is 6.86. The molecule has 0 unspecified atom stereocenters. The van der Waals surface area contributed by atoms with Crippen molar-refractivity contribution >= 4 is 40.0 Å². The van der Waals surface area contributed by atoms with Crippen molar-refractivity contribution in [3.8, 4) is 0 Å². The van der Waals surface area contributed by atoms with Gasteiger partial charge in [0, 0.05) is 50.3 Å². The van der Waals surface area contributed by atoms with E-state index in [1.807, 2.05) is 53.9 Å². The first kappa shape index (κ1) is 20.4. The van der Waals surface area contributed by atoms with Crippen molar-refractivity contribution in [3.63, 3.8) is 0 Å². The zero-order valence-electron chi connectivity index (χ0n) is 16.4. The number of anilines is 2. The number of nitrogens with zero attached hydrogens (tertiary/aromatic N) is 4. The monoisotopic (exact) mass is 406 g/mol. The van der Waals surface area contributed by atoms with Gasteiger partial charge in [0.05, 0.1) is 11.4 Å². The van der Waals surface area contributed by atoms with Gasteiger partial charge in [-0.1, -0.05) is 24.3 Å². The molecule has 7 heteroatoms. The van der Waals surface area contributed by atoms with E-state index < -0.39 is 0 Å². The summed E-state index contributed by atoms with van der Waals surface area (Å²) in [7, 11) is 1.76. The van der Waals surface area contributed by atoms with Crippen LogP contribution >= 0.6 is 11.3 Å². The van der Waals surface area contributed by atoms with Gasteiger partial charge in [0.25, 0.3) is 0 Å². The van der Waals surface area contributed by atoms with Crippen LogP contribution in [-0.4, -0.2) is 40.3 Å². The molecule has 0 aliphatic rings. The van der Waals surface area contributed by atoms with Crippen LogP contribution in [0.5, 0.6) is 0 Å². The van der Waals surface area contributed by atoms with Gasteiger partial charge in [-0.25, -0.2) is 4.98 Å². The maximum atomic E-state index is 12.3. The number of amides is 2. The van der Waals surface area contributed by atoms with E-state index in [4.69, 9.17) is 0 Å². The molecule has 0 aliphatic carbocycles. The van der Waals surface area contributed by atoms with Crippen molar-refractivity contribution in [2.45, 2.75) is 13.3 Å². The van der Waals surface area contributed by atoms with E-state index in [2.05, 4.69) is 9.97 Å². The number of hydrogen-bond acceptors (Lipinski definition) is 5. The fraction of sp³-hybridized carbons (Fsp3) is 0.182. The van der Waals surface area contributed by atoms with E-state index in [1.165, 1.54) is 24.3 Å². The van der Waals surface area contributed by atoms with Crippen LogP contribution in [0.2, 0.25) is 0 Å². The van der Waals surface area contributed by atoms with Gasteiger partial charge in [0.15, 0.2) is 5.13 Å². The number of pyridine rings is 1. The summed E-state index contributed by atoms with van der Waals surface area (Å²) < 4.78 is 0. The molecule has 0 spiro atoms. The molecule has 2 heterocycles. The summed E-state index contributed by atoms with van der Waals surface area (Å²) in [4.78, 5) is 36.4. The second kappa shape index (κ2) is 9.75. The fourth-order valence-electron chi connectivity index (χ4n) is 2.68. The Morgan fingerprint density at radius 3 is 2.55 bits per heavy atom. The number of carbonyl (C=O) groups is 2. The highest BCUT2D eigenvalue weighted by atomic mass is 32.1. The largest absolute Gasteiger partial charge is 0.342 e. The summed E-state index contributed by atoms with van der Waals surface area (Å²) in [5, 5.41) is 2.39. The average Bonchev–Trinajstić information content (AvgIpc) is 3.20. The van der Waals surface area contributed by atoms with Crippen molar-refractivity contribution in [2.24, 2.45) is 0 Å². The minimum atomic E-state index is -0.119. The van der Waals surface area contributed by atoms with Gasteiger partial charge in [-0.3, -0.25) is 19.5 Å². The molecule has 3 aromatic rings. The van der Waals surface area contributed by atoms with Gasteiger partial charge in [-0.2, -0.15) is 0 Å². The lowest BCUT2D eigenvalue weighted by molar-refractivity contribution is -0.124. The predicted octanol–water partition coefficient (Wildman–Crippen LogP) is 3.94. The third-order valence-corrected chi connectivity index (χ3v) is 5.08. The van der Waals surface area contributed by atoms with Gasteiger partial charge in [-0.05, 0) is 30.3 Å². The average molecular weight is 407 g/mol. The van der Waals surface area contributed by atoms with Crippen molar-refractivity contribution in [1.82, 2.24) is 14.9 Å². The molecule has 0 bridgehead atoms. The van der Waals surface area contributed by atoms with Gasteiger partial charge in [0.2, 0.25) is 11.8 Å². The molecule has 29 heavy (non-hydrogen) atoms. The maximum Gasteiger partial charge on any atom is 0.246 e. The number of aromatic nitrogens is 2. The minimum Gasteiger partial charge on any atom is -0.342 e. The highest BCUT2D eigenvalue weighted by Crippen LogP contribution is 2.29. The van der Waals surface area contributed by atoms with E-state index in [9.17, 15) is 9.59 Å². The Balaban J connectivity index is 1.63. The van der Waals surface area contributed by atoms with E-state index in [1.54, 1.807) is 29.1 Å². The predicted molar refractivity (Wildman–Crippen MR) is 116 cm³/mol. The van der Waals surface area contributed by atoms with Crippen LogP contribution in [-0.2, 0) is 16.0 Å². The summed E-state index contributed by atoms with van der Waals surface area (Å²) in [5.74, 6) is -0.228. The van der Waals surface area contributed by atoms with E-state index in [0.717, 1.165) is 11.4 Å². The van der Waals surface area contributed by atoms with E-state index in [0.29, 0.717) is 23.8 Å². The first-order valence-electron chi connectivity index (χ1n) is 9.19. The molecule has 6 nitrogen and oxygen atoms in total. The van der Waals surface area contributed by atoms with Crippen LogP contribution < -0.4 is 4.90 Å². The molecule has 0 saturated heterocycles. The minimum absolute atomic E-state index is 0.109. The molecule has 2 amide bonds. The van der Waals surface area contributed by atoms with Crippen LogP contribution in [0.3, 0.4) is 0 Å². The molecule has 0 atom stereocenters. The van der Waals surface area contributed by atoms with E-state index >= 15 is 0 Å². The second-order valence-corrected chi connectivity index (χ2v) is 7.25. The third-order valence-electron chi connectivity index (χ3n) is 4.23. The molecule has 148 valence electrons. The number of benzene rings is 1. The van der Waals surface area contributed by atoms with Gasteiger partial charge in [0.1, 0.15) is 0 Å². The SMILES string of the molecule is CC(=O)N(c1ccccc1)c1nc(/C=C/C(=O)N(C)CCc2ccccn2)cs1. The van der Waals surface area contributed by atoms with Crippen LogP contribution in [0.15, 0.2) is 66.2 Å². The quantitative estimate of drug-likeness (QED) is 0.558. The molecule has 2 aromatic heterocycles. The Morgan fingerprint density at radius 1 is 1.10 bits per heavy atom. The van der Waals surface area contributed by atoms with E-state index in [-0.39, 0.29) is 11.8 Å².